The number of amides is 1. The zero-order chi connectivity index (χ0) is 13.2. The van der Waals surface area contributed by atoms with Crippen molar-refractivity contribution in [3.05, 3.63) is 23.0 Å². The molecular weight excluding hydrogens is 254 g/mol. The predicted molar refractivity (Wildman–Crippen MR) is 69.6 cm³/mol. The normalized spacial score (nSPS) is 23.0. The zero-order valence-electron chi connectivity index (χ0n) is 10.2. The van der Waals surface area contributed by atoms with Crippen molar-refractivity contribution >= 4 is 23.2 Å². The third-order valence-electron chi connectivity index (χ3n) is 3.07. The Balaban J connectivity index is 2.01. The van der Waals surface area contributed by atoms with Gasteiger partial charge in [-0.15, -0.1) is 0 Å². The predicted octanol–water partition coefficient (Wildman–Crippen LogP) is 1.62. The molecule has 1 amide bonds. The number of carbonyl (C=O) groups excluding carboxylic acids is 1. The summed E-state index contributed by atoms with van der Waals surface area (Å²) in [5, 5.41) is 3.07. The van der Waals surface area contributed by atoms with Gasteiger partial charge in [-0.05, 0) is 25.8 Å². The lowest BCUT2D eigenvalue weighted by molar-refractivity contribution is 0.0206. The highest BCUT2D eigenvalue weighted by Gasteiger charge is 2.30. The smallest absolute Gasteiger partial charge is 0.253 e. The molecule has 1 unspecified atom stereocenters. The number of nitrogens with two attached hydrogens (primary N) is 1. The van der Waals surface area contributed by atoms with Gasteiger partial charge in [-0.3, -0.25) is 4.79 Å². The standard InChI is InChI=1S/C12H16ClN3O2/c1-12(3-2-4-18-12)7-16-11(17)8-5-10(13)15-6-9(8)14/h5-6H,2-4,7,14H2,1H3,(H,16,17). The van der Waals surface area contributed by atoms with Crippen LogP contribution in [0.15, 0.2) is 12.3 Å². The third kappa shape index (κ3) is 2.91. The number of anilines is 1. The molecule has 98 valence electrons. The highest BCUT2D eigenvalue weighted by molar-refractivity contribution is 6.29. The van der Waals surface area contributed by atoms with Gasteiger partial charge < -0.3 is 15.8 Å². The molecule has 1 aliphatic heterocycles. The van der Waals surface area contributed by atoms with Crippen molar-refractivity contribution in [1.82, 2.24) is 10.3 Å². The van der Waals surface area contributed by atoms with Crippen LogP contribution in [0, 0.1) is 0 Å². The van der Waals surface area contributed by atoms with Crippen LogP contribution in [0.1, 0.15) is 30.1 Å². The highest BCUT2D eigenvalue weighted by atomic mass is 35.5. The van der Waals surface area contributed by atoms with E-state index in [0.29, 0.717) is 17.8 Å². The third-order valence-corrected chi connectivity index (χ3v) is 3.28. The number of ether oxygens (including phenoxy) is 1. The van der Waals surface area contributed by atoms with Gasteiger partial charge >= 0.3 is 0 Å². The fraction of sp³-hybridized carbons (Fsp3) is 0.500. The molecule has 1 aliphatic rings. The molecule has 0 bridgehead atoms. The van der Waals surface area contributed by atoms with E-state index < -0.39 is 0 Å². The van der Waals surface area contributed by atoms with Gasteiger partial charge in [0.15, 0.2) is 0 Å². The van der Waals surface area contributed by atoms with Crippen LogP contribution in [0.3, 0.4) is 0 Å². The van der Waals surface area contributed by atoms with Gasteiger partial charge in [-0.2, -0.15) is 0 Å². The van der Waals surface area contributed by atoms with Gasteiger partial charge in [-0.25, -0.2) is 4.98 Å². The minimum Gasteiger partial charge on any atom is -0.397 e. The van der Waals surface area contributed by atoms with Gasteiger partial charge in [0.25, 0.3) is 5.91 Å². The molecule has 5 nitrogen and oxygen atoms in total. The Morgan fingerprint density at radius 1 is 1.72 bits per heavy atom. The molecule has 2 heterocycles. The van der Waals surface area contributed by atoms with Gasteiger partial charge in [0, 0.05) is 13.2 Å². The summed E-state index contributed by atoms with van der Waals surface area (Å²) >= 11 is 5.74. The first-order valence-corrected chi connectivity index (χ1v) is 6.21. The number of nitrogens with one attached hydrogen (secondary N) is 1. The summed E-state index contributed by atoms with van der Waals surface area (Å²) in [4.78, 5) is 15.8. The van der Waals surface area contributed by atoms with Crippen LogP contribution < -0.4 is 11.1 Å². The Hall–Kier alpha value is -1.33. The first kappa shape index (κ1) is 13.1. The van der Waals surface area contributed by atoms with Crippen molar-refractivity contribution < 1.29 is 9.53 Å². The van der Waals surface area contributed by atoms with Gasteiger partial charge in [0.1, 0.15) is 5.15 Å². The number of halogens is 1. The topological polar surface area (TPSA) is 77.2 Å². The number of rotatable bonds is 3. The fourth-order valence-corrected chi connectivity index (χ4v) is 2.13. The van der Waals surface area contributed by atoms with Crippen molar-refractivity contribution in [1.29, 1.82) is 0 Å². The van der Waals surface area contributed by atoms with Crippen LogP contribution >= 0.6 is 11.6 Å². The van der Waals surface area contributed by atoms with Crippen molar-refractivity contribution in [3.63, 3.8) is 0 Å². The number of nitrogen functional groups attached to an aromatic ring is 1. The molecule has 6 heteroatoms. The monoisotopic (exact) mass is 269 g/mol. The van der Waals surface area contributed by atoms with Gasteiger partial charge in [-0.1, -0.05) is 11.6 Å². The summed E-state index contributed by atoms with van der Waals surface area (Å²) < 4.78 is 5.60. The number of aromatic nitrogens is 1. The van der Waals surface area contributed by atoms with E-state index in [9.17, 15) is 4.79 Å². The second-order valence-corrected chi connectivity index (χ2v) is 5.07. The van der Waals surface area contributed by atoms with Crippen LogP contribution in [0.2, 0.25) is 5.15 Å². The van der Waals surface area contributed by atoms with E-state index in [2.05, 4.69) is 10.3 Å². The first-order valence-electron chi connectivity index (χ1n) is 5.83. The average molecular weight is 270 g/mol. The molecule has 0 aliphatic carbocycles. The molecule has 18 heavy (non-hydrogen) atoms. The van der Waals surface area contributed by atoms with E-state index in [4.69, 9.17) is 22.1 Å². The molecule has 1 saturated heterocycles. The molecule has 1 atom stereocenters. The Morgan fingerprint density at radius 2 is 2.50 bits per heavy atom. The molecule has 0 spiro atoms. The van der Waals surface area contributed by atoms with E-state index in [1.807, 2.05) is 6.92 Å². The molecule has 1 fully saturated rings. The second-order valence-electron chi connectivity index (χ2n) is 4.68. The molecule has 0 saturated carbocycles. The van der Waals surface area contributed by atoms with Crippen molar-refractivity contribution in [2.24, 2.45) is 0 Å². The number of hydrogen-bond acceptors (Lipinski definition) is 4. The van der Waals surface area contributed by atoms with E-state index >= 15 is 0 Å². The van der Waals surface area contributed by atoms with Gasteiger partial charge in [0.2, 0.25) is 0 Å². The lowest BCUT2D eigenvalue weighted by atomic mass is 10.0. The van der Waals surface area contributed by atoms with E-state index in [1.54, 1.807) is 0 Å². The minimum atomic E-state index is -0.277. The van der Waals surface area contributed by atoms with E-state index in [1.165, 1.54) is 12.3 Å². The lowest BCUT2D eigenvalue weighted by Gasteiger charge is -2.23. The first-order chi connectivity index (χ1) is 8.50. The maximum atomic E-state index is 12.0. The summed E-state index contributed by atoms with van der Waals surface area (Å²) in [6, 6.07) is 1.46. The molecule has 0 radical (unpaired) electrons. The number of hydrogen-bond donors (Lipinski definition) is 2. The minimum absolute atomic E-state index is 0.248. The Bertz CT molecular complexity index is 459. The van der Waals surface area contributed by atoms with Crippen LogP contribution in [0.4, 0.5) is 5.69 Å². The summed E-state index contributed by atoms with van der Waals surface area (Å²) in [5.74, 6) is -0.256. The van der Waals surface area contributed by atoms with Crippen LogP contribution in [-0.4, -0.2) is 29.6 Å². The fourth-order valence-electron chi connectivity index (χ4n) is 1.98. The maximum absolute atomic E-state index is 12.0. The second kappa shape index (κ2) is 5.12. The summed E-state index contributed by atoms with van der Waals surface area (Å²) in [6.07, 6.45) is 3.35. The van der Waals surface area contributed by atoms with Crippen LogP contribution in [0.25, 0.3) is 0 Å². The molecule has 1 aromatic heterocycles. The van der Waals surface area contributed by atoms with Crippen molar-refractivity contribution in [3.8, 4) is 0 Å². The maximum Gasteiger partial charge on any atom is 0.253 e. The van der Waals surface area contributed by atoms with Gasteiger partial charge in [0.05, 0.1) is 23.0 Å². The zero-order valence-corrected chi connectivity index (χ0v) is 11.0. The Labute approximate surface area is 111 Å². The van der Waals surface area contributed by atoms with Crippen molar-refractivity contribution in [2.45, 2.75) is 25.4 Å². The number of carbonyl (C=O) groups is 1. The number of pyridine rings is 1. The molecule has 1 aromatic rings. The SMILES string of the molecule is CC1(CNC(=O)c2cc(Cl)ncc2N)CCCO1. The quantitative estimate of drug-likeness (QED) is 0.818. The molecule has 3 N–H and O–H groups in total. The summed E-state index contributed by atoms with van der Waals surface area (Å²) in [5.41, 5.74) is 6.08. The Kier molecular flexibility index (Phi) is 3.73. The average Bonchev–Trinajstić information content (AvgIpc) is 2.77. The summed E-state index contributed by atoms with van der Waals surface area (Å²) in [7, 11) is 0. The lowest BCUT2D eigenvalue weighted by Crippen LogP contribution is -2.40. The number of nitrogens with zero attached hydrogens (tertiary/aromatic N) is 1. The van der Waals surface area contributed by atoms with E-state index in [-0.39, 0.29) is 16.7 Å². The molecule has 0 aromatic carbocycles. The summed E-state index contributed by atoms with van der Waals surface area (Å²) in [6.45, 7) is 3.20. The van der Waals surface area contributed by atoms with Crippen molar-refractivity contribution in [2.75, 3.05) is 18.9 Å². The molecule has 2 rings (SSSR count). The highest BCUT2D eigenvalue weighted by Crippen LogP contribution is 2.24. The van der Waals surface area contributed by atoms with Crippen LogP contribution in [-0.2, 0) is 4.74 Å². The molecular formula is C12H16ClN3O2. The largest absolute Gasteiger partial charge is 0.397 e. The van der Waals surface area contributed by atoms with Crippen LogP contribution in [0.5, 0.6) is 0 Å². The Morgan fingerprint density at radius 3 is 3.17 bits per heavy atom. The van der Waals surface area contributed by atoms with E-state index in [0.717, 1.165) is 19.4 Å².